The maximum absolute atomic E-state index is 4.24. The van der Waals surface area contributed by atoms with Crippen LogP contribution in [0.5, 0.6) is 0 Å². The third-order valence-electron chi connectivity index (χ3n) is 4.39. The smallest absolute Gasteiger partial charge is 0.0188 e. The van der Waals surface area contributed by atoms with Gasteiger partial charge in [0.05, 0.1) is 0 Å². The van der Waals surface area contributed by atoms with Crippen LogP contribution >= 0.6 is 0 Å². The minimum atomic E-state index is 0.384. The number of hydrogen-bond acceptors (Lipinski definition) is 2. The maximum Gasteiger partial charge on any atom is 0.0188 e. The summed E-state index contributed by atoms with van der Waals surface area (Å²) < 4.78 is 0. The topological polar surface area (TPSA) is 6.48 Å². The molecule has 0 aliphatic heterocycles. The number of nitrogens with zero attached hydrogens (tertiary/aromatic N) is 2. The van der Waals surface area contributed by atoms with Crippen LogP contribution in [0.2, 0.25) is 0 Å². The van der Waals surface area contributed by atoms with Crippen molar-refractivity contribution in [2.75, 3.05) is 27.2 Å². The van der Waals surface area contributed by atoms with Crippen LogP contribution in [-0.2, 0) is 0 Å². The van der Waals surface area contributed by atoms with Crippen LogP contribution in [0.4, 0.5) is 0 Å². The Morgan fingerprint density at radius 1 is 0.696 bits per heavy atom. The normalized spacial score (nSPS) is 12.2. The van der Waals surface area contributed by atoms with Gasteiger partial charge in [-0.15, -0.1) is 0 Å². The zero-order valence-electron chi connectivity index (χ0n) is 17.3. The molecule has 0 amide bonds. The Kier molecular flexibility index (Phi) is 9.02. The van der Waals surface area contributed by atoms with Crippen molar-refractivity contribution in [3.8, 4) is 0 Å². The molecule has 0 aromatic heterocycles. The summed E-state index contributed by atoms with van der Waals surface area (Å²) in [6, 6.07) is 0. The third kappa shape index (κ3) is 12.2. The molecule has 2 heteroatoms. The van der Waals surface area contributed by atoms with E-state index in [1.807, 2.05) is 0 Å². The van der Waals surface area contributed by atoms with Gasteiger partial charge in [-0.2, -0.15) is 0 Å². The van der Waals surface area contributed by atoms with E-state index in [0.717, 1.165) is 32.4 Å². The van der Waals surface area contributed by atoms with Crippen LogP contribution in [0.1, 0.15) is 73.6 Å². The number of rotatable bonds is 10. The molecule has 0 spiro atoms. The van der Waals surface area contributed by atoms with Crippen LogP contribution in [0.15, 0.2) is 24.6 Å². The van der Waals surface area contributed by atoms with Crippen LogP contribution < -0.4 is 0 Å². The summed E-state index contributed by atoms with van der Waals surface area (Å²) >= 11 is 0. The van der Waals surface area contributed by atoms with E-state index in [9.17, 15) is 0 Å². The molecular weight excluding hydrogens is 280 g/mol. The molecule has 0 saturated heterocycles. The van der Waals surface area contributed by atoms with Gasteiger partial charge < -0.3 is 9.80 Å². The second kappa shape index (κ2) is 9.39. The quantitative estimate of drug-likeness (QED) is 0.492. The Hall–Kier alpha value is -0.920. The molecule has 0 bridgehead atoms. The average molecular weight is 323 g/mol. The van der Waals surface area contributed by atoms with E-state index in [2.05, 4.69) is 78.6 Å². The predicted octanol–water partition coefficient (Wildman–Crippen LogP) is 5.92. The Labute approximate surface area is 146 Å². The van der Waals surface area contributed by atoms with Gasteiger partial charge in [0.1, 0.15) is 0 Å². The van der Waals surface area contributed by atoms with E-state index in [4.69, 9.17) is 0 Å². The van der Waals surface area contributed by atoms with E-state index in [-0.39, 0.29) is 0 Å². The van der Waals surface area contributed by atoms with Gasteiger partial charge >= 0.3 is 0 Å². The summed E-state index contributed by atoms with van der Waals surface area (Å²) in [6.07, 6.45) is 5.72. The minimum Gasteiger partial charge on any atom is -0.378 e. The second-order valence-electron chi connectivity index (χ2n) is 9.45. The van der Waals surface area contributed by atoms with Crippen molar-refractivity contribution in [1.29, 1.82) is 0 Å². The van der Waals surface area contributed by atoms with Crippen molar-refractivity contribution in [1.82, 2.24) is 9.80 Å². The molecular formula is C21H42N2. The van der Waals surface area contributed by atoms with Crippen molar-refractivity contribution in [2.45, 2.75) is 73.6 Å². The van der Waals surface area contributed by atoms with Crippen LogP contribution in [0.25, 0.3) is 0 Å². The fourth-order valence-corrected chi connectivity index (χ4v) is 2.28. The Bertz CT molecular complexity index is 332. The molecule has 0 radical (unpaired) electrons. The van der Waals surface area contributed by atoms with Crippen molar-refractivity contribution in [3.05, 3.63) is 24.6 Å². The first-order valence-corrected chi connectivity index (χ1v) is 9.10. The molecule has 0 rings (SSSR count). The zero-order valence-corrected chi connectivity index (χ0v) is 17.3. The lowest BCUT2D eigenvalue weighted by atomic mass is 9.90. The van der Waals surface area contributed by atoms with E-state index >= 15 is 0 Å². The predicted molar refractivity (Wildman–Crippen MR) is 106 cm³/mol. The van der Waals surface area contributed by atoms with Gasteiger partial charge in [-0.1, -0.05) is 54.7 Å². The molecule has 0 fully saturated rings. The maximum atomic E-state index is 4.24. The summed E-state index contributed by atoms with van der Waals surface area (Å²) in [4.78, 5) is 4.63. The summed E-state index contributed by atoms with van der Waals surface area (Å²) in [5, 5.41) is 0. The van der Waals surface area contributed by atoms with Crippen LogP contribution in [-0.4, -0.2) is 37.0 Å². The lowest BCUT2D eigenvalue weighted by Crippen LogP contribution is -2.25. The lowest BCUT2D eigenvalue weighted by Gasteiger charge is -2.28. The molecule has 0 aliphatic rings. The van der Waals surface area contributed by atoms with Crippen LogP contribution in [0, 0.1) is 10.8 Å². The number of allylic oxidation sites excluding steroid dienone is 2. The van der Waals surface area contributed by atoms with Gasteiger partial charge in [0, 0.05) is 38.6 Å². The highest BCUT2D eigenvalue weighted by Gasteiger charge is 2.13. The van der Waals surface area contributed by atoms with E-state index in [1.54, 1.807) is 0 Å². The molecule has 0 unspecified atom stereocenters. The van der Waals surface area contributed by atoms with Gasteiger partial charge in [0.25, 0.3) is 0 Å². The third-order valence-corrected chi connectivity index (χ3v) is 4.39. The summed E-state index contributed by atoms with van der Waals surface area (Å²) in [5.74, 6) is 0. The Balaban J connectivity index is 4.00. The molecule has 136 valence electrons. The Morgan fingerprint density at radius 2 is 1.00 bits per heavy atom. The monoisotopic (exact) mass is 322 g/mol. The molecule has 0 N–H and O–H groups in total. The van der Waals surface area contributed by atoms with Crippen LogP contribution in [0.3, 0.4) is 0 Å². The van der Waals surface area contributed by atoms with Crippen molar-refractivity contribution < 1.29 is 0 Å². The van der Waals surface area contributed by atoms with Crippen molar-refractivity contribution in [2.24, 2.45) is 10.8 Å². The molecule has 0 aromatic rings. The molecule has 0 saturated carbocycles. The van der Waals surface area contributed by atoms with Gasteiger partial charge in [0.15, 0.2) is 0 Å². The zero-order chi connectivity index (χ0) is 18.3. The summed E-state index contributed by atoms with van der Waals surface area (Å²) in [7, 11) is 4.33. The minimum absolute atomic E-state index is 0.384. The lowest BCUT2D eigenvalue weighted by molar-refractivity contribution is 0.307. The summed E-state index contributed by atoms with van der Waals surface area (Å²) in [5.41, 5.74) is 3.28. The molecule has 0 heterocycles. The molecule has 0 aliphatic carbocycles. The van der Waals surface area contributed by atoms with E-state index < -0.39 is 0 Å². The molecule has 0 aromatic carbocycles. The highest BCUT2D eigenvalue weighted by Crippen LogP contribution is 2.25. The number of hydrogen-bond donors (Lipinski definition) is 0. The highest BCUT2D eigenvalue weighted by atomic mass is 15.1. The molecule has 2 nitrogen and oxygen atoms in total. The van der Waals surface area contributed by atoms with Crippen molar-refractivity contribution in [3.63, 3.8) is 0 Å². The summed E-state index contributed by atoms with van der Waals surface area (Å²) in [6.45, 7) is 24.4. The van der Waals surface area contributed by atoms with Gasteiger partial charge in [-0.3, -0.25) is 0 Å². The van der Waals surface area contributed by atoms with E-state index in [1.165, 1.54) is 24.2 Å². The SMILES string of the molecule is C=C(CCC(C)(C)C)N(C)CCCN(C)C(=C)CCC(C)(C)C. The first-order chi connectivity index (χ1) is 10.3. The van der Waals surface area contributed by atoms with E-state index in [0.29, 0.717) is 10.8 Å². The highest BCUT2D eigenvalue weighted by molar-refractivity contribution is 4.95. The van der Waals surface area contributed by atoms with Gasteiger partial charge in [-0.25, -0.2) is 0 Å². The molecule has 0 atom stereocenters. The largest absolute Gasteiger partial charge is 0.378 e. The molecule has 23 heavy (non-hydrogen) atoms. The van der Waals surface area contributed by atoms with Crippen molar-refractivity contribution >= 4 is 0 Å². The standard InChI is InChI=1S/C21H42N2/c1-18(12-14-20(3,4)5)22(9)16-11-17-23(10)19(2)13-15-21(6,7)8/h1-2,11-17H2,3-10H3. The Morgan fingerprint density at radius 3 is 1.26 bits per heavy atom. The second-order valence-corrected chi connectivity index (χ2v) is 9.45. The van der Waals surface area contributed by atoms with Gasteiger partial charge in [-0.05, 0) is 42.9 Å². The van der Waals surface area contributed by atoms with Gasteiger partial charge in [0.2, 0.25) is 0 Å². The first-order valence-electron chi connectivity index (χ1n) is 9.10. The fraction of sp³-hybridized carbons (Fsp3) is 0.810. The fourth-order valence-electron chi connectivity index (χ4n) is 2.28. The first kappa shape index (κ1) is 22.1. The average Bonchev–Trinajstić information content (AvgIpc) is 2.40.